The first kappa shape index (κ1) is 17.0. The summed E-state index contributed by atoms with van der Waals surface area (Å²) in [6.45, 7) is 16.8. The van der Waals surface area contributed by atoms with Gasteiger partial charge in [-0.2, -0.15) is 0 Å². The van der Waals surface area contributed by atoms with Gasteiger partial charge in [0.15, 0.2) is 0 Å². The molecule has 114 valence electrons. The number of hydrogen-bond donors (Lipinski definition) is 1. The van der Waals surface area contributed by atoms with Gasteiger partial charge in [0.1, 0.15) is 0 Å². The van der Waals surface area contributed by atoms with Crippen molar-refractivity contribution in [2.24, 2.45) is 5.41 Å². The SMILES string of the molecule is CCCNC(CN(CC)c1cccc(C)c1)C(C)(C)C. The molecule has 0 saturated heterocycles. The zero-order chi connectivity index (χ0) is 15.2. The molecule has 0 bridgehead atoms. The monoisotopic (exact) mass is 276 g/mol. The van der Waals surface area contributed by atoms with Crippen LogP contribution in [-0.4, -0.2) is 25.7 Å². The third-order valence-electron chi connectivity index (χ3n) is 3.84. The van der Waals surface area contributed by atoms with Crippen LogP contribution in [0.1, 0.15) is 46.6 Å². The Bertz CT molecular complexity index is 393. The minimum atomic E-state index is 0.270. The summed E-state index contributed by atoms with van der Waals surface area (Å²) in [5.74, 6) is 0. The lowest BCUT2D eigenvalue weighted by atomic mass is 9.86. The molecule has 0 aliphatic rings. The number of rotatable bonds is 7. The number of aryl methyl sites for hydroxylation is 1. The highest BCUT2D eigenvalue weighted by molar-refractivity contribution is 5.48. The minimum Gasteiger partial charge on any atom is -0.370 e. The molecule has 0 fully saturated rings. The van der Waals surface area contributed by atoms with E-state index in [-0.39, 0.29) is 5.41 Å². The zero-order valence-corrected chi connectivity index (χ0v) is 14.2. The molecule has 1 unspecified atom stereocenters. The first-order valence-corrected chi connectivity index (χ1v) is 7.93. The normalized spacial score (nSPS) is 13.3. The molecule has 0 radical (unpaired) electrons. The van der Waals surface area contributed by atoms with E-state index in [1.807, 2.05) is 0 Å². The largest absolute Gasteiger partial charge is 0.370 e. The molecule has 0 heterocycles. The highest BCUT2D eigenvalue weighted by Crippen LogP contribution is 2.23. The standard InChI is InChI=1S/C18H32N2/c1-7-12-19-17(18(4,5)6)14-20(8-2)16-11-9-10-15(3)13-16/h9-11,13,17,19H,7-8,12,14H2,1-6H3. The Morgan fingerprint density at radius 3 is 2.40 bits per heavy atom. The summed E-state index contributed by atoms with van der Waals surface area (Å²) in [6.07, 6.45) is 1.18. The average molecular weight is 276 g/mol. The van der Waals surface area contributed by atoms with Crippen molar-refractivity contribution in [2.75, 3.05) is 24.5 Å². The number of likely N-dealkylation sites (N-methyl/N-ethyl adjacent to an activating group) is 1. The second kappa shape index (κ2) is 7.68. The molecule has 0 spiro atoms. The molecule has 1 atom stereocenters. The van der Waals surface area contributed by atoms with Crippen molar-refractivity contribution < 1.29 is 0 Å². The summed E-state index contributed by atoms with van der Waals surface area (Å²) in [5, 5.41) is 3.72. The van der Waals surface area contributed by atoms with Gasteiger partial charge in [0, 0.05) is 24.8 Å². The number of nitrogens with one attached hydrogen (secondary N) is 1. The van der Waals surface area contributed by atoms with Crippen molar-refractivity contribution in [3.05, 3.63) is 29.8 Å². The molecular formula is C18H32N2. The highest BCUT2D eigenvalue weighted by atomic mass is 15.2. The molecule has 0 saturated carbocycles. The van der Waals surface area contributed by atoms with E-state index in [2.05, 4.69) is 76.0 Å². The molecule has 0 aromatic heterocycles. The van der Waals surface area contributed by atoms with Crippen molar-refractivity contribution in [3.8, 4) is 0 Å². The predicted octanol–water partition coefficient (Wildman–Crippen LogP) is 4.24. The van der Waals surface area contributed by atoms with Crippen LogP contribution in [0.2, 0.25) is 0 Å². The van der Waals surface area contributed by atoms with Crippen molar-refractivity contribution >= 4 is 5.69 Å². The predicted molar refractivity (Wildman–Crippen MR) is 90.6 cm³/mol. The minimum absolute atomic E-state index is 0.270. The Morgan fingerprint density at radius 2 is 1.90 bits per heavy atom. The van der Waals surface area contributed by atoms with E-state index in [4.69, 9.17) is 0 Å². The van der Waals surface area contributed by atoms with E-state index in [9.17, 15) is 0 Å². The molecule has 1 aromatic carbocycles. The van der Waals surface area contributed by atoms with E-state index in [0.717, 1.165) is 19.6 Å². The van der Waals surface area contributed by atoms with Gasteiger partial charge in [-0.3, -0.25) is 0 Å². The number of benzene rings is 1. The van der Waals surface area contributed by atoms with Crippen LogP contribution >= 0.6 is 0 Å². The Labute approximate surface area is 125 Å². The van der Waals surface area contributed by atoms with Crippen molar-refractivity contribution in [1.29, 1.82) is 0 Å². The lowest BCUT2D eigenvalue weighted by Gasteiger charge is -2.37. The van der Waals surface area contributed by atoms with Gasteiger partial charge in [-0.05, 0) is 49.9 Å². The Hall–Kier alpha value is -1.02. The number of anilines is 1. The summed E-state index contributed by atoms with van der Waals surface area (Å²) in [7, 11) is 0. The molecule has 1 N–H and O–H groups in total. The summed E-state index contributed by atoms with van der Waals surface area (Å²) >= 11 is 0. The summed E-state index contributed by atoms with van der Waals surface area (Å²) < 4.78 is 0. The van der Waals surface area contributed by atoms with Crippen molar-refractivity contribution in [1.82, 2.24) is 5.32 Å². The molecule has 1 rings (SSSR count). The molecule has 0 amide bonds. The third kappa shape index (κ3) is 5.16. The van der Waals surface area contributed by atoms with Gasteiger partial charge in [0.2, 0.25) is 0 Å². The van der Waals surface area contributed by atoms with Crippen molar-refractivity contribution in [3.63, 3.8) is 0 Å². The molecule has 0 aliphatic carbocycles. The molecule has 2 heteroatoms. The van der Waals surface area contributed by atoms with Gasteiger partial charge in [0.25, 0.3) is 0 Å². The van der Waals surface area contributed by atoms with Gasteiger partial charge in [-0.1, -0.05) is 39.8 Å². The van der Waals surface area contributed by atoms with Crippen LogP contribution < -0.4 is 10.2 Å². The van der Waals surface area contributed by atoms with Gasteiger partial charge in [-0.15, -0.1) is 0 Å². The Morgan fingerprint density at radius 1 is 1.20 bits per heavy atom. The van der Waals surface area contributed by atoms with Crippen LogP contribution in [0.15, 0.2) is 24.3 Å². The fourth-order valence-electron chi connectivity index (χ4n) is 2.43. The van der Waals surface area contributed by atoms with Gasteiger partial charge in [-0.25, -0.2) is 0 Å². The Balaban J connectivity index is 2.83. The van der Waals surface area contributed by atoms with Crippen LogP contribution in [0.4, 0.5) is 5.69 Å². The smallest absolute Gasteiger partial charge is 0.0369 e. The van der Waals surface area contributed by atoms with Gasteiger partial charge >= 0.3 is 0 Å². The van der Waals surface area contributed by atoms with E-state index in [1.165, 1.54) is 17.7 Å². The van der Waals surface area contributed by atoms with Crippen LogP contribution in [0.25, 0.3) is 0 Å². The summed E-state index contributed by atoms with van der Waals surface area (Å²) in [4.78, 5) is 2.48. The quantitative estimate of drug-likeness (QED) is 0.801. The van der Waals surface area contributed by atoms with Gasteiger partial charge in [0.05, 0.1) is 0 Å². The Kier molecular flexibility index (Phi) is 6.54. The van der Waals surface area contributed by atoms with E-state index >= 15 is 0 Å². The maximum Gasteiger partial charge on any atom is 0.0369 e. The average Bonchev–Trinajstić information content (AvgIpc) is 2.37. The third-order valence-corrected chi connectivity index (χ3v) is 3.84. The molecule has 1 aromatic rings. The summed E-state index contributed by atoms with van der Waals surface area (Å²) in [5.41, 5.74) is 2.93. The van der Waals surface area contributed by atoms with E-state index in [0.29, 0.717) is 6.04 Å². The molecular weight excluding hydrogens is 244 g/mol. The van der Waals surface area contributed by atoms with Crippen LogP contribution in [0.3, 0.4) is 0 Å². The maximum atomic E-state index is 3.72. The second-order valence-electron chi connectivity index (χ2n) is 6.75. The molecule has 0 aliphatic heterocycles. The van der Waals surface area contributed by atoms with Crippen LogP contribution in [0.5, 0.6) is 0 Å². The van der Waals surface area contributed by atoms with Crippen LogP contribution in [-0.2, 0) is 0 Å². The van der Waals surface area contributed by atoms with E-state index < -0.39 is 0 Å². The zero-order valence-electron chi connectivity index (χ0n) is 14.2. The van der Waals surface area contributed by atoms with E-state index in [1.54, 1.807) is 0 Å². The topological polar surface area (TPSA) is 15.3 Å². The lowest BCUT2D eigenvalue weighted by Crippen LogP contribution is -2.49. The second-order valence-corrected chi connectivity index (χ2v) is 6.75. The first-order chi connectivity index (χ1) is 9.38. The number of nitrogens with zero attached hydrogens (tertiary/aromatic N) is 1. The highest BCUT2D eigenvalue weighted by Gasteiger charge is 2.25. The fraction of sp³-hybridized carbons (Fsp3) is 0.667. The first-order valence-electron chi connectivity index (χ1n) is 7.93. The van der Waals surface area contributed by atoms with Crippen molar-refractivity contribution in [2.45, 2.75) is 54.0 Å². The molecule has 20 heavy (non-hydrogen) atoms. The fourth-order valence-corrected chi connectivity index (χ4v) is 2.43. The van der Waals surface area contributed by atoms with Gasteiger partial charge < -0.3 is 10.2 Å². The maximum absolute atomic E-state index is 3.72. The summed E-state index contributed by atoms with van der Waals surface area (Å²) in [6, 6.07) is 9.31. The van der Waals surface area contributed by atoms with Crippen LogP contribution in [0, 0.1) is 12.3 Å². The molecule has 2 nitrogen and oxygen atoms in total. The number of hydrogen-bond acceptors (Lipinski definition) is 2. The lowest BCUT2D eigenvalue weighted by molar-refractivity contribution is 0.270.